The third kappa shape index (κ3) is 4.36. The summed E-state index contributed by atoms with van der Waals surface area (Å²) in [5, 5.41) is 1.20. The number of benzene rings is 1. The van der Waals surface area contributed by atoms with Crippen LogP contribution in [0.25, 0.3) is 10.2 Å². The van der Waals surface area contributed by atoms with E-state index in [1.807, 2.05) is 19.1 Å². The molecule has 0 radical (unpaired) electrons. The minimum absolute atomic E-state index is 0.0686. The molecule has 2 aromatic rings. The Labute approximate surface area is 186 Å². The first-order valence-corrected chi connectivity index (χ1v) is 13.3. The number of anilines is 1. The predicted octanol–water partition coefficient (Wildman–Crippen LogP) is 3.58. The van der Waals surface area contributed by atoms with Crippen molar-refractivity contribution in [2.45, 2.75) is 51.2 Å². The highest BCUT2D eigenvalue weighted by Gasteiger charge is 2.39. The van der Waals surface area contributed by atoms with Gasteiger partial charge in [-0.2, -0.15) is 4.31 Å². The van der Waals surface area contributed by atoms with E-state index in [4.69, 9.17) is 21.3 Å². The summed E-state index contributed by atoms with van der Waals surface area (Å²) in [6.07, 6.45) is 5.04. The number of carbonyl (C=O) groups is 1. The molecule has 2 aliphatic rings. The number of carbonyl (C=O) groups excluding carboxylic acids is 1. The van der Waals surface area contributed by atoms with Crippen molar-refractivity contribution < 1.29 is 17.9 Å². The third-order valence-corrected chi connectivity index (χ3v) is 8.55. The molecule has 0 aliphatic carbocycles. The highest BCUT2D eigenvalue weighted by atomic mass is 35.5. The van der Waals surface area contributed by atoms with Gasteiger partial charge in [0, 0.05) is 18.2 Å². The molecule has 0 N–H and O–H groups in total. The minimum atomic E-state index is -3.48. The number of aromatic nitrogens is 1. The standard InChI is InChI=1S/C20H26ClN3O4S2/c1-13-15(21)8-9-17-18(13)22-20(29-17)23(12-14-6-5-11-28-14)19(25)16-7-3-4-10-24(16)30(2,26)27/h8-9,14,16H,3-7,10-12H2,1-2H3. The van der Waals surface area contributed by atoms with Crippen LogP contribution in [0.15, 0.2) is 12.1 Å². The van der Waals surface area contributed by atoms with Crippen molar-refractivity contribution in [3.63, 3.8) is 0 Å². The van der Waals surface area contributed by atoms with E-state index >= 15 is 0 Å². The zero-order valence-corrected chi connectivity index (χ0v) is 19.5. The molecule has 2 saturated heterocycles. The number of sulfonamides is 1. The van der Waals surface area contributed by atoms with E-state index in [0.717, 1.165) is 41.5 Å². The molecule has 0 spiro atoms. The molecule has 3 heterocycles. The van der Waals surface area contributed by atoms with Crippen LogP contribution >= 0.6 is 22.9 Å². The quantitative estimate of drug-likeness (QED) is 0.665. The van der Waals surface area contributed by atoms with Crippen molar-refractivity contribution in [3.05, 3.63) is 22.7 Å². The molecule has 30 heavy (non-hydrogen) atoms. The van der Waals surface area contributed by atoms with Crippen LogP contribution in [-0.2, 0) is 19.6 Å². The van der Waals surface area contributed by atoms with E-state index in [0.29, 0.717) is 36.3 Å². The van der Waals surface area contributed by atoms with Crippen LogP contribution < -0.4 is 4.90 Å². The van der Waals surface area contributed by atoms with Gasteiger partial charge in [-0.15, -0.1) is 0 Å². The van der Waals surface area contributed by atoms with Crippen LogP contribution in [-0.4, -0.2) is 61.7 Å². The lowest BCUT2D eigenvalue weighted by atomic mass is 10.0. The number of amides is 1. The van der Waals surface area contributed by atoms with Crippen molar-refractivity contribution in [2.24, 2.45) is 0 Å². The zero-order chi connectivity index (χ0) is 21.5. The van der Waals surface area contributed by atoms with Gasteiger partial charge in [-0.25, -0.2) is 13.4 Å². The fraction of sp³-hybridized carbons (Fsp3) is 0.600. The number of thiazole rings is 1. The van der Waals surface area contributed by atoms with Gasteiger partial charge in [0.2, 0.25) is 15.9 Å². The maximum absolute atomic E-state index is 13.7. The third-order valence-electron chi connectivity index (χ3n) is 5.81. The Balaban J connectivity index is 1.72. The number of nitrogens with zero attached hydrogens (tertiary/aromatic N) is 3. The fourth-order valence-corrected chi connectivity index (χ4v) is 6.50. The molecule has 164 valence electrons. The van der Waals surface area contributed by atoms with Crippen LogP contribution in [0, 0.1) is 6.92 Å². The first-order valence-electron chi connectivity index (χ1n) is 10.2. The first kappa shape index (κ1) is 22.0. The topological polar surface area (TPSA) is 79.8 Å². The summed E-state index contributed by atoms with van der Waals surface area (Å²) in [6, 6.07) is 3.04. The average molecular weight is 472 g/mol. The van der Waals surface area contributed by atoms with Gasteiger partial charge in [-0.1, -0.05) is 29.4 Å². The van der Waals surface area contributed by atoms with Crippen molar-refractivity contribution in [1.82, 2.24) is 9.29 Å². The monoisotopic (exact) mass is 471 g/mol. The Morgan fingerprint density at radius 1 is 1.33 bits per heavy atom. The second-order valence-corrected chi connectivity index (χ2v) is 11.3. The van der Waals surface area contributed by atoms with Gasteiger partial charge in [0.05, 0.1) is 29.1 Å². The summed E-state index contributed by atoms with van der Waals surface area (Å²) in [5.74, 6) is -0.224. The molecule has 1 amide bonds. The van der Waals surface area contributed by atoms with E-state index in [1.54, 1.807) is 4.90 Å². The molecule has 0 saturated carbocycles. The Bertz CT molecular complexity index is 1050. The molecule has 1 aromatic heterocycles. The van der Waals surface area contributed by atoms with E-state index in [-0.39, 0.29) is 12.0 Å². The second kappa shape index (κ2) is 8.70. The summed E-state index contributed by atoms with van der Waals surface area (Å²) in [6.45, 7) is 3.34. The van der Waals surface area contributed by atoms with Crippen LogP contribution in [0.1, 0.15) is 37.7 Å². The van der Waals surface area contributed by atoms with Gasteiger partial charge in [0.25, 0.3) is 0 Å². The Morgan fingerprint density at radius 2 is 2.13 bits per heavy atom. The van der Waals surface area contributed by atoms with Gasteiger partial charge < -0.3 is 4.74 Å². The number of piperidine rings is 1. The van der Waals surface area contributed by atoms with E-state index in [9.17, 15) is 13.2 Å². The van der Waals surface area contributed by atoms with Gasteiger partial charge in [0.15, 0.2) is 5.13 Å². The van der Waals surface area contributed by atoms with Gasteiger partial charge in [0.1, 0.15) is 6.04 Å². The SMILES string of the molecule is Cc1c(Cl)ccc2sc(N(CC3CCCO3)C(=O)C3CCCCN3S(C)(=O)=O)nc12. The number of hydrogen-bond donors (Lipinski definition) is 0. The predicted molar refractivity (Wildman–Crippen MR) is 120 cm³/mol. The lowest BCUT2D eigenvalue weighted by molar-refractivity contribution is -0.123. The smallest absolute Gasteiger partial charge is 0.247 e. The summed E-state index contributed by atoms with van der Waals surface area (Å²) in [4.78, 5) is 20.1. The number of ether oxygens (including phenoxy) is 1. The maximum Gasteiger partial charge on any atom is 0.247 e. The van der Waals surface area contributed by atoms with E-state index in [2.05, 4.69) is 0 Å². The van der Waals surface area contributed by atoms with Gasteiger partial charge in [-0.05, 0) is 50.3 Å². The molecular weight excluding hydrogens is 446 g/mol. The maximum atomic E-state index is 13.7. The Morgan fingerprint density at radius 3 is 2.83 bits per heavy atom. The second-order valence-electron chi connectivity index (χ2n) is 7.98. The summed E-state index contributed by atoms with van der Waals surface area (Å²) in [7, 11) is -3.48. The molecule has 2 atom stereocenters. The minimum Gasteiger partial charge on any atom is -0.376 e. The number of rotatable bonds is 5. The number of halogens is 1. The molecule has 0 bridgehead atoms. The molecule has 4 rings (SSSR count). The largest absolute Gasteiger partial charge is 0.376 e. The Kier molecular flexibility index (Phi) is 6.37. The van der Waals surface area contributed by atoms with Crippen molar-refractivity contribution in [1.29, 1.82) is 0 Å². The molecule has 2 aliphatic heterocycles. The molecule has 2 unspecified atom stereocenters. The van der Waals surface area contributed by atoms with E-state index < -0.39 is 16.1 Å². The summed E-state index contributed by atoms with van der Waals surface area (Å²) >= 11 is 7.68. The van der Waals surface area contributed by atoms with Crippen molar-refractivity contribution in [2.75, 3.05) is 30.9 Å². The molecule has 7 nitrogen and oxygen atoms in total. The highest BCUT2D eigenvalue weighted by Crippen LogP contribution is 2.35. The van der Waals surface area contributed by atoms with Crippen LogP contribution in [0.3, 0.4) is 0 Å². The van der Waals surface area contributed by atoms with Crippen LogP contribution in [0.4, 0.5) is 5.13 Å². The lowest BCUT2D eigenvalue weighted by Crippen LogP contribution is -2.54. The van der Waals surface area contributed by atoms with Gasteiger partial charge in [-0.3, -0.25) is 9.69 Å². The molecule has 10 heteroatoms. The number of fused-ring (bicyclic) bond motifs is 1. The fourth-order valence-electron chi connectivity index (χ4n) is 4.19. The Hall–Kier alpha value is -1.26. The molecular formula is C20H26ClN3O4S2. The normalized spacial score (nSPS) is 23.2. The van der Waals surface area contributed by atoms with Crippen LogP contribution in [0.2, 0.25) is 5.02 Å². The van der Waals surface area contributed by atoms with Gasteiger partial charge >= 0.3 is 0 Å². The van der Waals surface area contributed by atoms with E-state index in [1.165, 1.54) is 21.9 Å². The first-order chi connectivity index (χ1) is 14.3. The highest BCUT2D eigenvalue weighted by molar-refractivity contribution is 7.88. The van der Waals surface area contributed by atoms with Crippen molar-refractivity contribution >= 4 is 54.2 Å². The number of aryl methyl sites for hydroxylation is 1. The average Bonchev–Trinajstić information content (AvgIpc) is 3.38. The summed E-state index contributed by atoms with van der Waals surface area (Å²) < 4.78 is 32.7. The molecule has 1 aromatic carbocycles. The zero-order valence-electron chi connectivity index (χ0n) is 17.1. The van der Waals surface area contributed by atoms with Crippen molar-refractivity contribution in [3.8, 4) is 0 Å². The van der Waals surface area contributed by atoms with Crippen LogP contribution in [0.5, 0.6) is 0 Å². The number of hydrogen-bond acceptors (Lipinski definition) is 6. The molecule has 2 fully saturated rings. The summed E-state index contributed by atoms with van der Waals surface area (Å²) in [5.41, 5.74) is 1.65. The lowest BCUT2D eigenvalue weighted by Gasteiger charge is -2.35.